The molecule has 0 spiro atoms. The van der Waals surface area contributed by atoms with E-state index in [1.165, 1.54) is 17.4 Å². The minimum absolute atomic E-state index is 0.100. The lowest BCUT2D eigenvalue weighted by Crippen LogP contribution is -2.20. The zero-order chi connectivity index (χ0) is 23.1. The number of carbonyl (C=O) groups excluding carboxylic acids is 1. The van der Waals surface area contributed by atoms with E-state index in [1.54, 1.807) is 18.3 Å². The molecule has 3 aromatic rings. The fourth-order valence-electron chi connectivity index (χ4n) is 3.23. The Morgan fingerprint density at radius 3 is 2.50 bits per heavy atom. The summed E-state index contributed by atoms with van der Waals surface area (Å²) in [4.78, 5) is 19.4. The minimum atomic E-state index is -0.593. The van der Waals surface area contributed by atoms with Gasteiger partial charge in [-0.3, -0.25) is 0 Å². The number of likely N-dealkylation sites (N-methyl/N-ethyl adjacent to an activating group) is 1. The molecule has 1 heterocycles. The van der Waals surface area contributed by atoms with Gasteiger partial charge in [0.25, 0.3) is 0 Å². The van der Waals surface area contributed by atoms with Crippen LogP contribution in [0.15, 0.2) is 41.9 Å². The molecule has 0 bridgehead atoms. The van der Waals surface area contributed by atoms with Gasteiger partial charge in [-0.25, -0.2) is 9.78 Å². The summed E-state index contributed by atoms with van der Waals surface area (Å²) in [7, 11) is 3.80. The third kappa shape index (κ3) is 5.38. The maximum atomic E-state index is 13.1. The number of phenols is 1. The second-order valence-electron chi connectivity index (χ2n) is 7.19. The van der Waals surface area contributed by atoms with E-state index in [-0.39, 0.29) is 17.9 Å². The zero-order valence-electron chi connectivity index (χ0n) is 18.8. The molecule has 0 aliphatic rings. The van der Waals surface area contributed by atoms with Gasteiger partial charge in [-0.05, 0) is 57.8 Å². The molecule has 0 saturated heterocycles. The Morgan fingerprint density at radius 1 is 1.09 bits per heavy atom. The van der Waals surface area contributed by atoms with Gasteiger partial charge in [-0.15, -0.1) is 11.3 Å². The largest absolute Gasteiger partial charge is 0.507 e. The van der Waals surface area contributed by atoms with Gasteiger partial charge < -0.3 is 24.2 Å². The molecule has 170 valence electrons. The lowest BCUT2D eigenvalue weighted by atomic mass is 9.93. The lowest BCUT2D eigenvalue weighted by Gasteiger charge is -2.18. The number of aromatic nitrogens is 1. The molecule has 0 amide bonds. The van der Waals surface area contributed by atoms with Crippen molar-refractivity contribution >= 4 is 17.3 Å². The van der Waals surface area contributed by atoms with Gasteiger partial charge in [0.2, 0.25) is 0 Å². The van der Waals surface area contributed by atoms with Crippen LogP contribution < -0.4 is 9.47 Å². The molecule has 0 radical (unpaired) electrons. The second-order valence-corrected chi connectivity index (χ2v) is 8.08. The van der Waals surface area contributed by atoms with Crippen molar-refractivity contribution in [3.05, 3.63) is 47.5 Å². The van der Waals surface area contributed by atoms with Crippen LogP contribution in [0.2, 0.25) is 0 Å². The molecule has 7 nitrogen and oxygen atoms in total. The Bertz CT molecular complexity index is 1050. The van der Waals surface area contributed by atoms with E-state index in [2.05, 4.69) is 4.98 Å². The van der Waals surface area contributed by atoms with E-state index < -0.39 is 5.97 Å². The van der Waals surface area contributed by atoms with Gasteiger partial charge in [-0.2, -0.15) is 0 Å². The van der Waals surface area contributed by atoms with Crippen LogP contribution in [0.3, 0.4) is 0 Å². The molecule has 0 saturated carbocycles. The van der Waals surface area contributed by atoms with E-state index in [4.69, 9.17) is 14.2 Å². The van der Waals surface area contributed by atoms with E-state index >= 15 is 0 Å². The van der Waals surface area contributed by atoms with Crippen molar-refractivity contribution in [1.29, 1.82) is 0 Å². The fourth-order valence-corrected chi connectivity index (χ4v) is 3.90. The van der Waals surface area contributed by atoms with Crippen molar-refractivity contribution < 1.29 is 24.1 Å². The molecule has 1 aromatic heterocycles. The molecule has 0 unspecified atom stereocenters. The number of thiazole rings is 1. The summed E-state index contributed by atoms with van der Waals surface area (Å²) in [6.45, 7) is 5.54. The van der Waals surface area contributed by atoms with Gasteiger partial charge >= 0.3 is 5.97 Å². The topological polar surface area (TPSA) is 81.1 Å². The summed E-state index contributed by atoms with van der Waals surface area (Å²) in [5.41, 5.74) is 2.06. The highest BCUT2D eigenvalue weighted by Gasteiger charge is 2.25. The molecule has 0 aliphatic heterocycles. The summed E-state index contributed by atoms with van der Waals surface area (Å²) < 4.78 is 16.9. The second kappa shape index (κ2) is 11.0. The van der Waals surface area contributed by atoms with E-state index in [1.807, 2.05) is 50.4 Å². The van der Waals surface area contributed by atoms with Gasteiger partial charge in [0.05, 0.1) is 13.2 Å². The minimum Gasteiger partial charge on any atom is -0.507 e. The average molecular weight is 457 g/mol. The zero-order valence-corrected chi connectivity index (χ0v) is 19.6. The number of ether oxygens (including phenoxy) is 3. The molecule has 2 aromatic carbocycles. The SMILES string of the molecule is CCOc1ccc(-c2c(-c3nccs3)ccc(O)c2C(=O)OCCN(C)C)cc1OCC. The Morgan fingerprint density at radius 2 is 1.84 bits per heavy atom. The van der Waals surface area contributed by atoms with Gasteiger partial charge in [-0.1, -0.05) is 6.07 Å². The highest BCUT2D eigenvalue weighted by Crippen LogP contribution is 2.42. The molecule has 0 fully saturated rings. The number of benzene rings is 2. The summed E-state index contributed by atoms with van der Waals surface area (Å²) in [5, 5.41) is 13.3. The molecular weight excluding hydrogens is 428 g/mol. The summed E-state index contributed by atoms with van der Waals surface area (Å²) in [6.07, 6.45) is 1.70. The summed E-state index contributed by atoms with van der Waals surface area (Å²) in [6, 6.07) is 8.73. The first-order valence-corrected chi connectivity index (χ1v) is 11.3. The van der Waals surface area contributed by atoms with Crippen LogP contribution in [-0.4, -0.2) is 61.4 Å². The standard InChI is InChI=1S/C24H28N2O5S/c1-5-29-19-10-7-16(15-20(19)30-6-2)21-17(23-25-11-14-32-23)8-9-18(27)22(21)24(28)31-13-12-26(3)4/h7-11,14-15,27H,5-6,12-13H2,1-4H3. The van der Waals surface area contributed by atoms with Crippen molar-refractivity contribution in [2.24, 2.45) is 0 Å². The van der Waals surface area contributed by atoms with Gasteiger partial charge in [0, 0.05) is 29.2 Å². The Labute approximate surface area is 192 Å². The number of rotatable bonds is 10. The van der Waals surface area contributed by atoms with Gasteiger partial charge in [0.15, 0.2) is 11.5 Å². The third-order valence-electron chi connectivity index (χ3n) is 4.65. The van der Waals surface area contributed by atoms with Crippen LogP contribution in [0.1, 0.15) is 24.2 Å². The number of carbonyl (C=O) groups is 1. The predicted molar refractivity (Wildman–Crippen MR) is 126 cm³/mol. The number of nitrogens with zero attached hydrogens (tertiary/aromatic N) is 2. The summed E-state index contributed by atoms with van der Waals surface area (Å²) in [5.74, 6) is 0.433. The highest BCUT2D eigenvalue weighted by molar-refractivity contribution is 7.13. The van der Waals surface area contributed by atoms with Crippen molar-refractivity contribution in [3.63, 3.8) is 0 Å². The fraction of sp³-hybridized carbons (Fsp3) is 0.333. The molecule has 8 heteroatoms. The Balaban J connectivity index is 2.17. The molecule has 3 rings (SSSR count). The number of esters is 1. The van der Waals surface area contributed by atoms with E-state index in [0.717, 1.165) is 10.6 Å². The van der Waals surface area contributed by atoms with Crippen molar-refractivity contribution in [3.8, 4) is 38.9 Å². The van der Waals surface area contributed by atoms with Crippen molar-refractivity contribution in [1.82, 2.24) is 9.88 Å². The average Bonchev–Trinajstić information content (AvgIpc) is 3.29. The summed E-state index contributed by atoms with van der Waals surface area (Å²) >= 11 is 1.45. The Kier molecular flexibility index (Phi) is 8.08. The number of phenolic OH excluding ortho intramolecular Hbond substituents is 1. The molecule has 1 N–H and O–H groups in total. The quantitative estimate of drug-likeness (QED) is 0.443. The van der Waals surface area contributed by atoms with Crippen LogP contribution >= 0.6 is 11.3 Å². The van der Waals surface area contributed by atoms with Crippen LogP contribution in [0.25, 0.3) is 21.7 Å². The normalized spacial score (nSPS) is 10.9. The highest BCUT2D eigenvalue weighted by atomic mass is 32.1. The van der Waals surface area contributed by atoms with Crippen LogP contribution in [0.4, 0.5) is 0 Å². The Hall–Kier alpha value is -3.10. The number of hydrogen-bond acceptors (Lipinski definition) is 8. The van der Waals surface area contributed by atoms with E-state index in [0.29, 0.717) is 42.4 Å². The first-order valence-electron chi connectivity index (χ1n) is 10.4. The van der Waals surface area contributed by atoms with Crippen LogP contribution in [0, 0.1) is 0 Å². The molecule has 0 atom stereocenters. The molecular formula is C24H28N2O5S. The molecule has 32 heavy (non-hydrogen) atoms. The smallest absolute Gasteiger partial charge is 0.342 e. The van der Waals surface area contributed by atoms with Gasteiger partial charge in [0.1, 0.15) is 22.9 Å². The first-order chi connectivity index (χ1) is 15.5. The maximum Gasteiger partial charge on any atom is 0.342 e. The predicted octanol–water partition coefficient (Wildman–Crippen LogP) is 4.70. The number of aromatic hydroxyl groups is 1. The van der Waals surface area contributed by atoms with Crippen molar-refractivity contribution in [2.75, 3.05) is 40.5 Å². The van der Waals surface area contributed by atoms with E-state index in [9.17, 15) is 9.90 Å². The maximum absolute atomic E-state index is 13.1. The molecule has 0 aliphatic carbocycles. The van der Waals surface area contributed by atoms with Crippen LogP contribution in [-0.2, 0) is 4.74 Å². The lowest BCUT2D eigenvalue weighted by molar-refractivity contribution is 0.0479. The monoisotopic (exact) mass is 456 g/mol. The first kappa shape index (κ1) is 23.6. The van der Waals surface area contributed by atoms with Crippen molar-refractivity contribution in [2.45, 2.75) is 13.8 Å². The number of hydrogen-bond donors (Lipinski definition) is 1. The third-order valence-corrected chi connectivity index (χ3v) is 5.46. The van der Waals surface area contributed by atoms with Crippen LogP contribution in [0.5, 0.6) is 17.2 Å².